The van der Waals surface area contributed by atoms with E-state index in [0.717, 1.165) is 46.9 Å². The Kier molecular flexibility index (Phi) is 9.35. The van der Waals surface area contributed by atoms with Crippen LogP contribution in [0.2, 0.25) is 0 Å². The number of pyridine rings is 2. The number of hydrogen-bond donors (Lipinski definition) is 0. The predicted octanol–water partition coefficient (Wildman–Crippen LogP) is 9.23. The molecular formula is C36H34IrN2O-2. The van der Waals surface area contributed by atoms with Crippen molar-refractivity contribution in [2.45, 2.75) is 52.9 Å². The molecule has 0 N–H and O–H groups in total. The second-order valence-electron chi connectivity index (χ2n) is 10.0. The van der Waals surface area contributed by atoms with Crippen LogP contribution in [0.4, 0.5) is 0 Å². The summed E-state index contributed by atoms with van der Waals surface area (Å²) >= 11 is 0. The summed E-state index contributed by atoms with van der Waals surface area (Å²) in [6, 6.07) is 33.2. The van der Waals surface area contributed by atoms with Crippen molar-refractivity contribution in [3.8, 4) is 34.0 Å². The number of ether oxygens (including phenoxy) is 1. The largest absolute Gasteiger partial charge is 0.476 e. The van der Waals surface area contributed by atoms with Crippen LogP contribution in [0.25, 0.3) is 22.5 Å². The molecule has 1 aliphatic rings. The Balaban J connectivity index is 0.000000200. The molecule has 0 saturated heterocycles. The number of para-hydroxylation sites is 1. The summed E-state index contributed by atoms with van der Waals surface area (Å²) in [5.41, 5.74) is 10.3. The van der Waals surface area contributed by atoms with E-state index in [1.165, 1.54) is 27.8 Å². The Bertz CT molecular complexity index is 1550. The van der Waals surface area contributed by atoms with Gasteiger partial charge in [0, 0.05) is 32.5 Å². The molecule has 0 atom stereocenters. The number of hydrogen-bond acceptors (Lipinski definition) is 3. The Morgan fingerprint density at radius 2 is 1.43 bits per heavy atom. The molecule has 0 spiro atoms. The van der Waals surface area contributed by atoms with Crippen molar-refractivity contribution in [1.82, 2.24) is 9.97 Å². The first-order valence-corrected chi connectivity index (χ1v) is 13.6. The summed E-state index contributed by atoms with van der Waals surface area (Å²) in [4.78, 5) is 8.89. The van der Waals surface area contributed by atoms with Gasteiger partial charge in [-0.1, -0.05) is 95.5 Å². The summed E-state index contributed by atoms with van der Waals surface area (Å²) in [5.74, 6) is 1.89. The molecule has 3 nitrogen and oxygen atoms in total. The second-order valence-corrected chi connectivity index (χ2v) is 10.0. The van der Waals surface area contributed by atoms with Gasteiger partial charge in [-0.05, 0) is 40.6 Å². The fourth-order valence-electron chi connectivity index (χ4n) is 5.55. The molecule has 0 fully saturated rings. The minimum Gasteiger partial charge on any atom is -0.476 e. The van der Waals surface area contributed by atoms with E-state index in [1.54, 1.807) is 0 Å². The van der Waals surface area contributed by atoms with E-state index in [4.69, 9.17) is 4.74 Å². The van der Waals surface area contributed by atoms with Crippen molar-refractivity contribution in [2.24, 2.45) is 0 Å². The summed E-state index contributed by atoms with van der Waals surface area (Å²) < 4.78 is 6.25. The molecule has 2 aromatic heterocycles. The molecule has 4 heteroatoms. The van der Waals surface area contributed by atoms with Crippen LogP contribution >= 0.6 is 0 Å². The average Bonchev–Trinajstić information content (AvgIpc) is 2.99. The van der Waals surface area contributed by atoms with Crippen LogP contribution in [-0.4, -0.2) is 9.97 Å². The van der Waals surface area contributed by atoms with E-state index in [-0.39, 0.29) is 25.5 Å². The minimum atomic E-state index is -0.0746. The van der Waals surface area contributed by atoms with Crippen LogP contribution < -0.4 is 4.74 Å². The summed E-state index contributed by atoms with van der Waals surface area (Å²) in [6.45, 7) is 10.9. The molecule has 205 valence electrons. The molecular weight excluding hydrogens is 669 g/mol. The zero-order chi connectivity index (χ0) is 27.4. The van der Waals surface area contributed by atoms with Crippen molar-refractivity contribution in [3.63, 3.8) is 0 Å². The maximum absolute atomic E-state index is 6.25. The van der Waals surface area contributed by atoms with Gasteiger partial charge in [0.1, 0.15) is 5.75 Å². The van der Waals surface area contributed by atoms with Gasteiger partial charge >= 0.3 is 0 Å². The maximum Gasteiger partial charge on any atom is 0.128 e. The summed E-state index contributed by atoms with van der Waals surface area (Å²) in [6.07, 6.45) is 5.66. The summed E-state index contributed by atoms with van der Waals surface area (Å²) in [5, 5.41) is 0. The van der Waals surface area contributed by atoms with E-state index in [9.17, 15) is 0 Å². The Morgan fingerprint density at radius 1 is 0.775 bits per heavy atom. The molecule has 3 heterocycles. The van der Waals surface area contributed by atoms with Gasteiger partial charge < -0.3 is 14.7 Å². The fourth-order valence-corrected chi connectivity index (χ4v) is 5.55. The monoisotopic (exact) mass is 703 g/mol. The fraction of sp³-hybridized carbons (Fsp3) is 0.222. The molecule has 0 unspecified atom stereocenters. The smallest absolute Gasteiger partial charge is 0.128 e. The van der Waals surface area contributed by atoms with Gasteiger partial charge in [-0.3, -0.25) is 0 Å². The first-order valence-electron chi connectivity index (χ1n) is 13.6. The molecule has 6 rings (SSSR count). The number of aryl methyl sites for hydroxylation is 2. The maximum atomic E-state index is 6.25. The Hall–Kier alpha value is -3.59. The van der Waals surface area contributed by atoms with E-state index in [0.29, 0.717) is 0 Å². The van der Waals surface area contributed by atoms with Crippen molar-refractivity contribution >= 4 is 0 Å². The van der Waals surface area contributed by atoms with E-state index in [2.05, 4.69) is 81.0 Å². The zero-order valence-corrected chi connectivity index (χ0v) is 26.1. The van der Waals surface area contributed by atoms with Gasteiger partial charge in [-0.25, -0.2) is 0 Å². The van der Waals surface area contributed by atoms with E-state index >= 15 is 0 Å². The van der Waals surface area contributed by atoms with Gasteiger partial charge in [0.15, 0.2) is 0 Å². The van der Waals surface area contributed by atoms with Gasteiger partial charge in [0.25, 0.3) is 0 Å². The third-order valence-electron chi connectivity index (χ3n) is 7.97. The van der Waals surface area contributed by atoms with Crippen molar-refractivity contribution in [2.75, 3.05) is 0 Å². The minimum absolute atomic E-state index is 0. The molecule has 0 amide bonds. The standard InChI is InChI=1S/C22H20NO.C14H14N.Ir/c1-3-22(4-2)17-11-5-6-13-19(17)24-20-14-9-10-16(21(20)22)18-12-7-8-15-23-18;1-10-8-13(9-11(2)12(10)3)14-6-4-5-7-15-14;/h5-9,11-15H,3-4H2,1-2H3;4-8H,1-3H3;/q2*-1;. The van der Waals surface area contributed by atoms with Crippen LogP contribution in [0.15, 0.2) is 91.3 Å². The van der Waals surface area contributed by atoms with Gasteiger partial charge in [0.05, 0.1) is 5.75 Å². The first kappa shape index (κ1) is 29.4. The van der Waals surface area contributed by atoms with E-state index in [1.807, 2.05) is 67.0 Å². The third-order valence-corrected chi connectivity index (χ3v) is 7.97. The SMILES string of the molecule is CCC1(CC)c2ccccc2Oc2cc[c-]c(-c3ccccn3)c21.Cc1[c-]c(-c2ccccn2)cc(C)c1C.[Ir]. The molecule has 0 saturated carbocycles. The van der Waals surface area contributed by atoms with Crippen LogP contribution in [-0.2, 0) is 25.5 Å². The second kappa shape index (κ2) is 12.7. The molecule has 1 radical (unpaired) electrons. The van der Waals surface area contributed by atoms with Crippen LogP contribution in [0.5, 0.6) is 11.5 Å². The van der Waals surface area contributed by atoms with Crippen LogP contribution in [0.1, 0.15) is 54.5 Å². The molecule has 5 aromatic rings. The molecule has 1 aliphatic heterocycles. The summed E-state index contributed by atoms with van der Waals surface area (Å²) in [7, 11) is 0. The molecule has 40 heavy (non-hydrogen) atoms. The van der Waals surface area contributed by atoms with Gasteiger partial charge in [0.2, 0.25) is 0 Å². The Morgan fingerprint density at radius 3 is 2.05 bits per heavy atom. The normalized spacial score (nSPS) is 12.5. The van der Waals surface area contributed by atoms with E-state index < -0.39 is 0 Å². The first-order chi connectivity index (χ1) is 19.0. The van der Waals surface area contributed by atoms with Crippen LogP contribution in [0.3, 0.4) is 0 Å². The Labute approximate surface area is 252 Å². The van der Waals surface area contributed by atoms with Crippen molar-refractivity contribution in [1.29, 1.82) is 0 Å². The molecule has 0 aliphatic carbocycles. The number of benzene rings is 3. The topological polar surface area (TPSA) is 35.0 Å². The molecule has 3 aromatic carbocycles. The number of rotatable bonds is 4. The third kappa shape index (κ3) is 5.52. The van der Waals surface area contributed by atoms with Gasteiger partial charge in [-0.15, -0.1) is 58.1 Å². The van der Waals surface area contributed by atoms with Crippen LogP contribution in [0, 0.1) is 32.9 Å². The van der Waals surface area contributed by atoms with Crippen molar-refractivity contribution < 1.29 is 24.8 Å². The number of aromatic nitrogens is 2. The average molecular weight is 703 g/mol. The molecule has 0 bridgehead atoms. The van der Waals surface area contributed by atoms with Crippen molar-refractivity contribution in [3.05, 3.63) is 131 Å². The zero-order valence-electron chi connectivity index (χ0n) is 23.7. The predicted molar refractivity (Wildman–Crippen MR) is 159 cm³/mol. The van der Waals surface area contributed by atoms with Gasteiger partial charge in [-0.2, -0.15) is 0 Å². The number of fused-ring (bicyclic) bond motifs is 2. The number of nitrogens with zero attached hydrogens (tertiary/aromatic N) is 2. The quantitative estimate of drug-likeness (QED) is 0.175.